The number of benzene rings is 1. The van der Waals surface area contributed by atoms with Crippen LogP contribution in [0.5, 0.6) is 5.75 Å². The van der Waals surface area contributed by atoms with Gasteiger partial charge in [-0.2, -0.15) is 0 Å². The molecule has 1 aromatic heterocycles. The van der Waals surface area contributed by atoms with Gasteiger partial charge in [-0.3, -0.25) is 9.78 Å². The predicted molar refractivity (Wildman–Crippen MR) is 79.0 cm³/mol. The van der Waals surface area contributed by atoms with E-state index in [1.54, 1.807) is 24.5 Å². The summed E-state index contributed by atoms with van der Waals surface area (Å²) < 4.78 is 5.57. The summed E-state index contributed by atoms with van der Waals surface area (Å²) in [4.78, 5) is 15.8. The topological polar surface area (TPSA) is 51.2 Å². The van der Waals surface area contributed by atoms with E-state index in [1.165, 1.54) is 0 Å². The molecule has 0 atom stereocenters. The Morgan fingerprint density at radius 3 is 2.50 bits per heavy atom. The number of hydrogen-bond acceptors (Lipinski definition) is 3. The summed E-state index contributed by atoms with van der Waals surface area (Å²) in [5, 5.41) is 2.83. The smallest absolute Gasteiger partial charge is 0.255 e. The van der Waals surface area contributed by atoms with Crippen molar-refractivity contribution in [3.05, 3.63) is 54.4 Å². The van der Waals surface area contributed by atoms with Gasteiger partial charge in [0.25, 0.3) is 5.91 Å². The normalized spacial score (nSPS) is 10.1. The van der Waals surface area contributed by atoms with Crippen LogP contribution in [0.1, 0.15) is 30.1 Å². The number of carbonyl (C=O) groups excluding carboxylic acids is 1. The van der Waals surface area contributed by atoms with Crippen molar-refractivity contribution in [2.75, 3.05) is 11.9 Å². The molecule has 1 aromatic carbocycles. The van der Waals surface area contributed by atoms with Crippen LogP contribution in [0.3, 0.4) is 0 Å². The van der Waals surface area contributed by atoms with Crippen LogP contribution in [-0.4, -0.2) is 17.5 Å². The number of nitrogens with zero attached hydrogens (tertiary/aromatic N) is 1. The molecule has 104 valence electrons. The first kappa shape index (κ1) is 14.1. The molecule has 0 aliphatic carbocycles. The summed E-state index contributed by atoms with van der Waals surface area (Å²) in [7, 11) is 0. The molecule has 0 unspecified atom stereocenters. The second-order valence-corrected chi connectivity index (χ2v) is 4.42. The van der Waals surface area contributed by atoms with Crippen molar-refractivity contribution in [2.24, 2.45) is 0 Å². The monoisotopic (exact) mass is 270 g/mol. The van der Waals surface area contributed by atoms with Gasteiger partial charge >= 0.3 is 0 Å². The number of aromatic nitrogens is 1. The number of hydrogen-bond donors (Lipinski definition) is 1. The summed E-state index contributed by atoms with van der Waals surface area (Å²) in [6, 6.07) is 10.7. The third-order valence-electron chi connectivity index (χ3n) is 2.82. The number of pyridine rings is 1. The Balaban J connectivity index is 1.92. The first-order chi connectivity index (χ1) is 9.79. The van der Waals surface area contributed by atoms with Gasteiger partial charge in [0.05, 0.1) is 6.61 Å². The van der Waals surface area contributed by atoms with Gasteiger partial charge in [0.15, 0.2) is 0 Å². The Hall–Kier alpha value is -2.36. The van der Waals surface area contributed by atoms with Crippen LogP contribution in [0, 0.1) is 0 Å². The molecule has 4 nitrogen and oxygen atoms in total. The van der Waals surface area contributed by atoms with Crippen molar-refractivity contribution in [3.8, 4) is 5.75 Å². The lowest BCUT2D eigenvalue weighted by molar-refractivity contribution is 0.102. The van der Waals surface area contributed by atoms with Gasteiger partial charge < -0.3 is 10.1 Å². The van der Waals surface area contributed by atoms with Crippen molar-refractivity contribution < 1.29 is 9.53 Å². The first-order valence-electron chi connectivity index (χ1n) is 6.74. The third-order valence-corrected chi connectivity index (χ3v) is 2.82. The molecule has 0 saturated carbocycles. The molecular weight excluding hydrogens is 252 g/mol. The van der Waals surface area contributed by atoms with Gasteiger partial charge in [-0.05, 0) is 42.8 Å². The summed E-state index contributed by atoms with van der Waals surface area (Å²) in [6.45, 7) is 2.85. The van der Waals surface area contributed by atoms with Crippen molar-refractivity contribution in [2.45, 2.75) is 19.8 Å². The van der Waals surface area contributed by atoms with Gasteiger partial charge in [0.1, 0.15) is 5.75 Å². The van der Waals surface area contributed by atoms with Gasteiger partial charge in [-0.1, -0.05) is 13.3 Å². The summed E-state index contributed by atoms with van der Waals surface area (Å²) in [5.74, 6) is 0.674. The summed E-state index contributed by atoms with van der Waals surface area (Å²) in [6.07, 6.45) is 5.35. The number of nitrogens with one attached hydrogen (secondary N) is 1. The molecule has 0 spiro atoms. The molecule has 1 heterocycles. The lowest BCUT2D eigenvalue weighted by Crippen LogP contribution is -2.11. The highest BCUT2D eigenvalue weighted by atomic mass is 16.5. The maximum Gasteiger partial charge on any atom is 0.255 e. The van der Waals surface area contributed by atoms with E-state index in [9.17, 15) is 4.79 Å². The molecule has 0 fully saturated rings. The maximum atomic E-state index is 11.9. The Morgan fingerprint density at radius 2 is 1.85 bits per heavy atom. The third kappa shape index (κ3) is 4.09. The van der Waals surface area contributed by atoms with Crippen LogP contribution in [0.4, 0.5) is 5.69 Å². The molecule has 0 radical (unpaired) electrons. The first-order valence-corrected chi connectivity index (χ1v) is 6.74. The van der Waals surface area contributed by atoms with Crippen LogP contribution in [0.25, 0.3) is 0 Å². The number of carbonyl (C=O) groups is 1. The van der Waals surface area contributed by atoms with E-state index in [2.05, 4.69) is 17.2 Å². The van der Waals surface area contributed by atoms with E-state index in [0.717, 1.165) is 30.9 Å². The Labute approximate surface area is 118 Å². The Kier molecular flexibility index (Phi) is 5.12. The minimum Gasteiger partial charge on any atom is -0.494 e. The van der Waals surface area contributed by atoms with E-state index in [1.807, 2.05) is 24.3 Å². The molecule has 2 aromatic rings. The minimum atomic E-state index is -0.146. The number of unbranched alkanes of at least 4 members (excludes halogenated alkanes) is 1. The number of ether oxygens (including phenoxy) is 1. The quantitative estimate of drug-likeness (QED) is 0.817. The Morgan fingerprint density at radius 1 is 1.15 bits per heavy atom. The van der Waals surface area contributed by atoms with Gasteiger partial charge in [-0.15, -0.1) is 0 Å². The van der Waals surface area contributed by atoms with Crippen molar-refractivity contribution in [1.82, 2.24) is 4.98 Å². The maximum absolute atomic E-state index is 11.9. The lowest BCUT2D eigenvalue weighted by atomic mass is 10.2. The molecule has 4 heteroatoms. The minimum absolute atomic E-state index is 0.146. The average molecular weight is 270 g/mol. The molecule has 2 rings (SSSR count). The van der Waals surface area contributed by atoms with Crippen LogP contribution >= 0.6 is 0 Å². The van der Waals surface area contributed by atoms with Crippen LogP contribution < -0.4 is 10.1 Å². The molecule has 20 heavy (non-hydrogen) atoms. The van der Waals surface area contributed by atoms with Gasteiger partial charge in [-0.25, -0.2) is 0 Å². The van der Waals surface area contributed by atoms with E-state index in [0.29, 0.717) is 5.56 Å². The standard InChI is InChI=1S/C16H18N2O2/c1-2-3-12-20-15-6-4-14(5-7-15)18-16(19)13-8-10-17-11-9-13/h4-11H,2-3,12H2,1H3,(H,18,19). The van der Waals surface area contributed by atoms with E-state index < -0.39 is 0 Å². The molecule has 1 N–H and O–H groups in total. The van der Waals surface area contributed by atoms with Crippen molar-refractivity contribution >= 4 is 11.6 Å². The van der Waals surface area contributed by atoms with Crippen LogP contribution in [0.2, 0.25) is 0 Å². The molecular formula is C16H18N2O2. The van der Waals surface area contributed by atoms with E-state index >= 15 is 0 Å². The lowest BCUT2D eigenvalue weighted by Gasteiger charge is -2.08. The highest BCUT2D eigenvalue weighted by Crippen LogP contribution is 2.16. The molecule has 0 saturated heterocycles. The zero-order chi connectivity index (χ0) is 14.2. The second-order valence-electron chi connectivity index (χ2n) is 4.42. The Bertz CT molecular complexity index is 538. The molecule has 0 aliphatic rings. The summed E-state index contributed by atoms with van der Waals surface area (Å²) in [5.41, 5.74) is 1.33. The fourth-order valence-corrected chi connectivity index (χ4v) is 1.68. The van der Waals surface area contributed by atoms with E-state index in [-0.39, 0.29) is 5.91 Å². The SMILES string of the molecule is CCCCOc1ccc(NC(=O)c2ccncc2)cc1. The second kappa shape index (κ2) is 7.28. The zero-order valence-electron chi connectivity index (χ0n) is 11.5. The van der Waals surface area contributed by atoms with Crippen molar-refractivity contribution in [3.63, 3.8) is 0 Å². The van der Waals surface area contributed by atoms with Crippen LogP contribution in [-0.2, 0) is 0 Å². The highest BCUT2D eigenvalue weighted by Gasteiger charge is 2.05. The number of amides is 1. The average Bonchev–Trinajstić information content (AvgIpc) is 2.50. The molecule has 0 bridgehead atoms. The summed E-state index contributed by atoms with van der Waals surface area (Å²) >= 11 is 0. The predicted octanol–water partition coefficient (Wildman–Crippen LogP) is 3.51. The van der Waals surface area contributed by atoms with Crippen molar-refractivity contribution in [1.29, 1.82) is 0 Å². The largest absolute Gasteiger partial charge is 0.494 e. The van der Waals surface area contributed by atoms with Crippen LogP contribution in [0.15, 0.2) is 48.8 Å². The number of anilines is 1. The van der Waals surface area contributed by atoms with Gasteiger partial charge in [0.2, 0.25) is 0 Å². The van der Waals surface area contributed by atoms with Gasteiger partial charge in [0, 0.05) is 23.6 Å². The highest BCUT2D eigenvalue weighted by molar-refractivity contribution is 6.04. The number of rotatable bonds is 6. The zero-order valence-corrected chi connectivity index (χ0v) is 11.5. The van der Waals surface area contributed by atoms with E-state index in [4.69, 9.17) is 4.74 Å². The molecule has 1 amide bonds. The fourth-order valence-electron chi connectivity index (χ4n) is 1.68. The molecule has 0 aliphatic heterocycles. The fraction of sp³-hybridized carbons (Fsp3) is 0.250.